The fourth-order valence-electron chi connectivity index (χ4n) is 0.322. The summed E-state index contributed by atoms with van der Waals surface area (Å²) in [5.74, 6) is 0. The van der Waals surface area contributed by atoms with Crippen LogP contribution in [0.3, 0.4) is 0 Å². The Morgan fingerprint density at radius 2 is 1.89 bits per heavy atom. The molecule has 0 radical (unpaired) electrons. The summed E-state index contributed by atoms with van der Waals surface area (Å²) in [4.78, 5) is 0. The van der Waals surface area contributed by atoms with Gasteiger partial charge in [0, 0.05) is 0 Å². The average molecular weight is 130 g/mol. The van der Waals surface area contributed by atoms with Crippen molar-refractivity contribution < 1.29 is 9.22 Å². The minimum Gasteiger partial charge on any atom is -0.496 e. The van der Waals surface area contributed by atoms with Crippen LogP contribution in [0.1, 0.15) is 6.92 Å². The summed E-state index contributed by atoms with van der Waals surface area (Å²) in [7, 11) is 6.24. The number of ether oxygens (including phenoxy) is 1. The van der Waals surface area contributed by atoms with Gasteiger partial charge in [-0.15, -0.1) is 0 Å². The molecule has 0 aromatic rings. The Morgan fingerprint density at radius 1 is 1.33 bits per heavy atom. The summed E-state index contributed by atoms with van der Waals surface area (Å²) in [6.07, 6.45) is 3.73. The van der Waals surface area contributed by atoms with Gasteiger partial charge < -0.3 is 9.22 Å². The highest BCUT2D eigenvalue weighted by Gasteiger charge is 1.97. The maximum Gasteiger partial charge on any atom is 0.136 e. The second-order valence-electron chi connectivity index (χ2n) is 2.86. The molecule has 9 heavy (non-hydrogen) atoms. The SMILES string of the molecule is CCO/C=C\[N+](C)(C)C. The molecule has 0 saturated carbocycles. The number of hydrogen-bond donors (Lipinski definition) is 0. The van der Waals surface area contributed by atoms with Crippen molar-refractivity contribution in [2.24, 2.45) is 0 Å². The number of hydrogen-bond acceptors (Lipinski definition) is 1. The summed E-state index contributed by atoms with van der Waals surface area (Å²) in [6.45, 7) is 2.72. The van der Waals surface area contributed by atoms with Crippen molar-refractivity contribution in [1.82, 2.24) is 0 Å². The molecule has 0 bridgehead atoms. The lowest BCUT2D eigenvalue weighted by atomic mass is 10.7. The molecule has 2 nitrogen and oxygen atoms in total. The number of quaternary nitrogens is 1. The zero-order valence-electron chi connectivity index (χ0n) is 6.72. The fraction of sp³-hybridized carbons (Fsp3) is 0.714. The second kappa shape index (κ2) is 3.51. The zero-order chi connectivity index (χ0) is 7.33. The third-order valence-corrected chi connectivity index (χ3v) is 0.771. The van der Waals surface area contributed by atoms with Gasteiger partial charge in [0.25, 0.3) is 0 Å². The van der Waals surface area contributed by atoms with Gasteiger partial charge in [-0.1, -0.05) is 0 Å². The van der Waals surface area contributed by atoms with E-state index in [1.165, 1.54) is 0 Å². The largest absolute Gasteiger partial charge is 0.496 e. The summed E-state index contributed by atoms with van der Waals surface area (Å²) in [5.41, 5.74) is 0. The van der Waals surface area contributed by atoms with Crippen LogP contribution >= 0.6 is 0 Å². The smallest absolute Gasteiger partial charge is 0.136 e. The molecule has 0 N–H and O–H groups in total. The molecule has 0 aromatic heterocycles. The van der Waals surface area contributed by atoms with Gasteiger partial charge in [-0.05, 0) is 6.92 Å². The fourth-order valence-corrected chi connectivity index (χ4v) is 0.322. The van der Waals surface area contributed by atoms with E-state index in [0.29, 0.717) is 0 Å². The molecular weight excluding hydrogens is 114 g/mol. The Labute approximate surface area is 57.3 Å². The first kappa shape index (κ1) is 8.50. The van der Waals surface area contributed by atoms with Gasteiger partial charge in [0.15, 0.2) is 0 Å². The van der Waals surface area contributed by atoms with Crippen LogP contribution in [0, 0.1) is 0 Å². The van der Waals surface area contributed by atoms with E-state index in [4.69, 9.17) is 4.74 Å². The predicted molar refractivity (Wildman–Crippen MR) is 38.8 cm³/mol. The van der Waals surface area contributed by atoms with Crippen LogP contribution in [-0.4, -0.2) is 32.2 Å². The molecule has 0 rings (SSSR count). The zero-order valence-corrected chi connectivity index (χ0v) is 6.72. The van der Waals surface area contributed by atoms with Gasteiger partial charge in [-0.3, -0.25) is 0 Å². The van der Waals surface area contributed by atoms with Crippen molar-refractivity contribution in [2.75, 3.05) is 27.7 Å². The van der Waals surface area contributed by atoms with E-state index < -0.39 is 0 Å². The molecule has 0 heterocycles. The summed E-state index contributed by atoms with van der Waals surface area (Å²) in [6, 6.07) is 0. The van der Waals surface area contributed by atoms with Gasteiger partial charge in [0.05, 0.1) is 27.7 Å². The molecule has 0 amide bonds. The van der Waals surface area contributed by atoms with Crippen LogP contribution in [0.15, 0.2) is 12.5 Å². The van der Waals surface area contributed by atoms with Crippen LogP contribution in [-0.2, 0) is 4.74 Å². The van der Waals surface area contributed by atoms with Crippen LogP contribution in [0.5, 0.6) is 0 Å². The van der Waals surface area contributed by atoms with Crippen LogP contribution < -0.4 is 0 Å². The van der Waals surface area contributed by atoms with Crippen molar-refractivity contribution in [3.63, 3.8) is 0 Å². The molecule has 0 spiro atoms. The highest BCUT2D eigenvalue weighted by molar-refractivity contribution is 4.59. The maximum atomic E-state index is 5.01. The lowest BCUT2D eigenvalue weighted by Crippen LogP contribution is -2.26. The summed E-state index contributed by atoms with van der Waals surface area (Å²) < 4.78 is 5.82. The first-order valence-electron chi connectivity index (χ1n) is 3.16. The third-order valence-electron chi connectivity index (χ3n) is 0.771. The van der Waals surface area contributed by atoms with Crippen LogP contribution in [0.2, 0.25) is 0 Å². The first-order valence-corrected chi connectivity index (χ1v) is 3.16. The minimum atomic E-state index is 0.747. The van der Waals surface area contributed by atoms with Crippen molar-refractivity contribution >= 4 is 0 Å². The van der Waals surface area contributed by atoms with Gasteiger partial charge in [-0.2, -0.15) is 0 Å². The predicted octanol–water partition coefficient (Wildman–Crippen LogP) is 1.20. The molecule has 0 fully saturated rings. The van der Waals surface area contributed by atoms with Crippen molar-refractivity contribution in [3.05, 3.63) is 12.5 Å². The quantitative estimate of drug-likeness (QED) is 0.412. The van der Waals surface area contributed by atoms with Gasteiger partial charge in [0.1, 0.15) is 12.5 Å². The molecule has 0 aliphatic heterocycles. The standard InChI is InChI=1S/C7H16NO/c1-5-9-7-6-8(2,3)4/h6-7H,5H2,1-4H3/q+1/b7-6-. The van der Waals surface area contributed by atoms with Crippen LogP contribution in [0.25, 0.3) is 0 Å². The van der Waals surface area contributed by atoms with E-state index in [2.05, 4.69) is 21.1 Å². The first-order chi connectivity index (χ1) is 4.06. The Morgan fingerprint density at radius 3 is 2.22 bits per heavy atom. The highest BCUT2D eigenvalue weighted by Crippen LogP contribution is 1.90. The number of nitrogens with zero attached hydrogens (tertiary/aromatic N) is 1. The number of rotatable bonds is 3. The van der Waals surface area contributed by atoms with Crippen LogP contribution in [0.4, 0.5) is 0 Å². The molecule has 0 saturated heterocycles. The van der Waals surface area contributed by atoms with Gasteiger partial charge >= 0.3 is 0 Å². The Hall–Kier alpha value is -0.500. The Kier molecular flexibility index (Phi) is 3.32. The Balaban J connectivity index is 3.45. The summed E-state index contributed by atoms with van der Waals surface area (Å²) >= 11 is 0. The lowest BCUT2D eigenvalue weighted by Gasteiger charge is -2.16. The lowest BCUT2D eigenvalue weighted by molar-refractivity contribution is -0.817. The van der Waals surface area contributed by atoms with Crippen molar-refractivity contribution in [1.29, 1.82) is 0 Å². The van der Waals surface area contributed by atoms with E-state index in [0.717, 1.165) is 11.1 Å². The van der Waals surface area contributed by atoms with E-state index in [1.807, 2.05) is 13.1 Å². The topological polar surface area (TPSA) is 9.23 Å². The van der Waals surface area contributed by atoms with E-state index in [9.17, 15) is 0 Å². The molecule has 0 aliphatic rings. The second-order valence-corrected chi connectivity index (χ2v) is 2.86. The molecule has 54 valence electrons. The van der Waals surface area contributed by atoms with Gasteiger partial charge in [0.2, 0.25) is 0 Å². The molecule has 0 aliphatic carbocycles. The Bertz CT molecular complexity index is 91.6. The molecule has 0 unspecified atom stereocenters. The van der Waals surface area contributed by atoms with Crippen molar-refractivity contribution in [2.45, 2.75) is 6.92 Å². The maximum absolute atomic E-state index is 5.01. The average Bonchev–Trinajstić information content (AvgIpc) is 1.63. The third kappa shape index (κ3) is 7.50. The summed E-state index contributed by atoms with van der Waals surface area (Å²) in [5, 5.41) is 0. The van der Waals surface area contributed by atoms with E-state index in [1.54, 1.807) is 6.26 Å². The van der Waals surface area contributed by atoms with E-state index >= 15 is 0 Å². The minimum absolute atomic E-state index is 0.747. The molecule has 2 heteroatoms. The normalized spacial score (nSPS) is 12.4. The van der Waals surface area contributed by atoms with E-state index in [-0.39, 0.29) is 0 Å². The monoisotopic (exact) mass is 130 g/mol. The molecular formula is C7H16NO+. The van der Waals surface area contributed by atoms with Crippen molar-refractivity contribution in [3.8, 4) is 0 Å². The van der Waals surface area contributed by atoms with Gasteiger partial charge in [-0.25, -0.2) is 0 Å². The molecule has 0 aromatic carbocycles. The molecule has 0 atom stereocenters. The highest BCUT2D eigenvalue weighted by atomic mass is 16.5.